The monoisotopic (exact) mass is 413 g/mol. The molecule has 152 valence electrons. The van der Waals surface area contributed by atoms with E-state index in [1.54, 1.807) is 13.2 Å². The summed E-state index contributed by atoms with van der Waals surface area (Å²) in [6.07, 6.45) is 1.53. The fraction of sp³-hybridized carbons (Fsp3) is 0.286. The average Bonchev–Trinajstić information content (AvgIpc) is 3.22. The molecule has 0 aliphatic heterocycles. The second kappa shape index (κ2) is 8.91. The van der Waals surface area contributed by atoms with E-state index in [9.17, 15) is 9.90 Å². The minimum absolute atomic E-state index is 0.158. The highest BCUT2D eigenvalue weighted by Crippen LogP contribution is 2.34. The third-order valence-corrected chi connectivity index (χ3v) is 5.41. The van der Waals surface area contributed by atoms with Crippen LogP contribution in [0.25, 0.3) is 11.4 Å². The second-order valence-corrected chi connectivity index (χ2v) is 7.11. The van der Waals surface area contributed by atoms with E-state index in [1.807, 2.05) is 11.4 Å². The van der Waals surface area contributed by atoms with Gasteiger partial charge < -0.3 is 19.9 Å². The zero-order valence-electron chi connectivity index (χ0n) is 16.8. The molecule has 0 saturated carbocycles. The van der Waals surface area contributed by atoms with E-state index in [-0.39, 0.29) is 5.56 Å². The van der Waals surface area contributed by atoms with Gasteiger partial charge in [0.15, 0.2) is 10.9 Å². The van der Waals surface area contributed by atoms with Crippen LogP contribution in [-0.4, -0.2) is 35.3 Å². The molecule has 0 saturated heterocycles. The molecular formula is C21H23N3O4S. The van der Waals surface area contributed by atoms with Crippen LogP contribution in [0.2, 0.25) is 0 Å². The lowest BCUT2D eigenvalue weighted by Gasteiger charge is -2.16. The molecule has 3 rings (SSSR count). The Hall–Kier alpha value is -3.13. The summed E-state index contributed by atoms with van der Waals surface area (Å²) in [5.74, 6) is 0.721. The standard InChI is InChI=1S/C21H23N3O4S/c1-5-14-15(6-2)22-19(13-10-18(28-4)29-11-13)24-20(14)23-16-8-7-12(21(25)26)9-17(16)27-3/h7-11H,5-6H2,1-4H3,(H,25,26)(H,22,23,24). The van der Waals surface area contributed by atoms with Crippen molar-refractivity contribution in [2.24, 2.45) is 0 Å². The molecule has 1 aromatic carbocycles. The molecule has 2 aromatic heterocycles. The van der Waals surface area contributed by atoms with Gasteiger partial charge in [-0.1, -0.05) is 13.8 Å². The fourth-order valence-corrected chi connectivity index (χ4v) is 3.73. The van der Waals surface area contributed by atoms with Crippen LogP contribution >= 0.6 is 11.3 Å². The zero-order chi connectivity index (χ0) is 21.0. The lowest BCUT2D eigenvalue weighted by Crippen LogP contribution is -2.08. The van der Waals surface area contributed by atoms with Crippen LogP contribution in [0.4, 0.5) is 11.5 Å². The first-order chi connectivity index (χ1) is 14.0. The van der Waals surface area contributed by atoms with Crippen molar-refractivity contribution in [3.05, 3.63) is 46.5 Å². The van der Waals surface area contributed by atoms with Crippen molar-refractivity contribution in [1.82, 2.24) is 9.97 Å². The molecule has 0 radical (unpaired) electrons. The number of nitrogens with zero attached hydrogens (tertiary/aromatic N) is 2. The van der Waals surface area contributed by atoms with E-state index >= 15 is 0 Å². The minimum Gasteiger partial charge on any atom is -0.495 e. The highest BCUT2D eigenvalue weighted by molar-refractivity contribution is 7.12. The van der Waals surface area contributed by atoms with Gasteiger partial charge in [-0.25, -0.2) is 14.8 Å². The smallest absolute Gasteiger partial charge is 0.335 e. The number of aromatic nitrogens is 2. The van der Waals surface area contributed by atoms with Gasteiger partial charge in [0.2, 0.25) is 0 Å². The Morgan fingerprint density at radius 2 is 1.93 bits per heavy atom. The Balaban J connectivity index is 2.08. The molecule has 3 aromatic rings. The van der Waals surface area contributed by atoms with Gasteiger partial charge in [-0.2, -0.15) is 0 Å². The molecule has 0 fully saturated rings. The van der Waals surface area contributed by atoms with Gasteiger partial charge in [0, 0.05) is 28.3 Å². The molecule has 2 N–H and O–H groups in total. The number of aromatic carboxylic acids is 1. The van der Waals surface area contributed by atoms with E-state index < -0.39 is 5.97 Å². The van der Waals surface area contributed by atoms with Crippen LogP contribution in [0.5, 0.6) is 10.8 Å². The van der Waals surface area contributed by atoms with Crippen LogP contribution in [0, 0.1) is 0 Å². The number of rotatable bonds is 8. The maximum absolute atomic E-state index is 11.2. The topological polar surface area (TPSA) is 93.6 Å². The van der Waals surface area contributed by atoms with Crippen molar-refractivity contribution in [2.45, 2.75) is 26.7 Å². The summed E-state index contributed by atoms with van der Waals surface area (Å²) in [5.41, 5.74) is 3.67. The van der Waals surface area contributed by atoms with Crippen LogP contribution in [0.1, 0.15) is 35.5 Å². The Morgan fingerprint density at radius 1 is 1.14 bits per heavy atom. The van der Waals surface area contributed by atoms with Crippen molar-refractivity contribution in [2.75, 3.05) is 19.5 Å². The lowest BCUT2D eigenvalue weighted by atomic mass is 10.1. The van der Waals surface area contributed by atoms with Crippen molar-refractivity contribution in [3.63, 3.8) is 0 Å². The zero-order valence-corrected chi connectivity index (χ0v) is 17.6. The van der Waals surface area contributed by atoms with E-state index in [1.165, 1.54) is 30.6 Å². The van der Waals surface area contributed by atoms with Crippen LogP contribution < -0.4 is 14.8 Å². The quantitative estimate of drug-likeness (QED) is 0.548. The van der Waals surface area contributed by atoms with Crippen molar-refractivity contribution >= 4 is 28.8 Å². The number of methoxy groups -OCH3 is 2. The Labute approximate surface area is 173 Å². The molecule has 0 aliphatic carbocycles. The summed E-state index contributed by atoms with van der Waals surface area (Å²) in [6, 6.07) is 6.62. The van der Waals surface area contributed by atoms with Gasteiger partial charge in [0.25, 0.3) is 0 Å². The molecular weight excluding hydrogens is 390 g/mol. The number of hydrogen-bond acceptors (Lipinski definition) is 7. The third kappa shape index (κ3) is 4.32. The number of benzene rings is 1. The number of carboxylic acid groups (broad SMARTS) is 1. The molecule has 0 atom stereocenters. The maximum atomic E-state index is 11.2. The summed E-state index contributed by atoms with van der Waals surface area (Å²) in [4.78, 5) is 20.8. The average molecular weight is 413 g/mol. The number of anilines is 2. The summed E-state index contributed by atoms with van der Waals surface area (Å²) in [7, 11) is 3.14. The number of aryl methyl sites for hydroxylation is 1. The van der Waals surface area contributed by atoms with Gasteiger partial charge in [0.1, 0.15) is 11.6 Å². The van der Waals surface area contributed by atoms with Crippen molar-refractivity contribution in [1.29, 1.82) is 0 Å². The Kier molecular flexibility index (Phi) is 6.33. The predicted molar refractivity (Wildman–Crippen MR) is 114 cm³/mol. The molecule has 8 heteroatoms. The largest absolute Gasteiger partial charge is 0.495 e. The first kappa shape index (κ1) is 20.6. The molecule has 7 nitrogen and oxygen atoms in total. The second-order valence-electron chi connectivity index (χ2n) is 6.23. The lowest BCUT2D eigenvalue weighted by molar-refractivity contribution is 0.0696. The molecule has 0 spiro atoms. The normalized spacial score (nSPS) is 10.6. The molecule has 0 bridgehead atoms. The summed E-state index contributed by atoms with van der Waals surface area (Å²) in [5, 5.41) is 15.3. The van der Waals surface area contributed by atoms with Crippen molar-refractivity contribution < 1.29 is 19.4 Å². The third-order valence-electron chi connectivity index (χ3n) is 4.52. The van der Waals surface area contributed by atoms with Gasteiger partial charge in [0.05, 0.1) is 25.5 Å². The molecule has 2 heterocycles. The van der Waals surface area contributed by atoms with Crippen LogP contribution in [0.15, 0.2) is 29.6 Å². The number of thiophene rings is 1. The number of hydrogen-bond donors (Lipinski definition) is 2. The predicted octanol–water partition coefficient (Wildman–Crippen LogP) is 4.79. The van der Waals surface area contributed by atoms with Crippen molar-refractivity contribution in [3.8, 4) is 22.2 Å². The molecule has 29 heavy (non-hydrogen) atoms. The summed E-state index contributed by atoms with van der Waals surface area (Å²) < 4.78 is 10.7. The van der Waals surface area contributed by atoms with E-state index in [0.717, 1.165) is 34.7 Å². The maximum Gasteiger partial charge on any atom is 0.335 e. The molecule has 0 amide bonds. The summed E-state index contributed by atoms with van der Waals surface area (Å²) in [6.45, 7) is 4.12. The summed E-state index contributed by atoms with van der Waals surface area (Å²) >= 11 is 1.49. The van der Waals surface area contributed by atoms with Crippen LogP contribution in [0.3, 0.4) is 0 Å². The fourth-order valence-electron chi connectivity index (χ4n) is 3.02. The highest BCUT2D eigenvalue weighted by atomic mass is 32.1. The van der Waals surface area contributed by atoms with E-state index in [4.69, 9.17) is 19.4 Å². The number of carbonyl (C=O) groups is 1. The first-order valence-corrected chi connectivity index (χ1v) is 10.1. The van der Waals surface area contributed by atoms with E-state index in [2.05, 4.69) is 19.2 Å². The number of nitrogens with one attached hydrogen (secondary N) is 1. The van der Waals surface area contributed by atoms with Gasteiger partial charge in [-0.15, -0.1) is 11.3 Å². The number of carboxylic acids is 1. The van der Waals surface area contributed by atoms with E-state index in [0.29, 0.717) is 23.1 Å². The van der Waals surface area contributed by atoms with Gasteiger partial charge >= 0.3 is 5.97 Å². The van der Waals surface area contributed by atoms with Crippen LogP contribution in [-0.2, 0) is 12.8 Å². The molecule has 0 aliphatic rings. The number of ether oxygens (including phenoxy) is 2. The first-order valence-electron chi connectivity index (χ1n) is 9.21. The minimum atomic E-state index is -1.01. The Morgan fingerprint density at radius 3 is 2.52 bits per heavy atom. The van der Waals surface area contributed by atoms with Gasteiger partial charge in [-0.3, -0.25) is 0 Å². The SMILES string of the molecule is CCc1nc(-c2csc(OC)c2)nc(Nc2ccc(C(=O)O)cc2OC)c1CC. The Bertz CT molecular complexity index is 1030. The molecule has 0 unspecified atom stereocenters. The van der Waals surface area contributed by atoms with Gasteiger partial charge in [-0.05, 0) is 31.0 Å². The highest BCUT2D eigenvalue weighted by Gasteiger charge is 2.17.